The van der Waals surface area contributed by atoms with E-state index >= 15 is 0 Å². The molecule has 0 aromatic heterocycles. The van der Waals surface area contributed by atoms with E-state index in [-0.39, 0.29) is 5.41 Å². The maximum absolute atomic E-state index is 9.43. The Morgan fingerprint density at radius 1 is 1.40 bits per heavy atom. The van der Waals surface area contributed by atoms with E-state index in [9.17, 15) is 5.11 Å². The predicted molar refractivity (Wildman–Crippen MR) is 63.5 cm³/mol. The molecule has 0 bridgehead atoms. The fourth-order valence-corrected chi connectivity index (χ4v) is 2.69. The first kappa shape index (κ1) is 10.3. The van der Waals surface area contributed by atoms with E-state index in [2.05, 4.69) is 25.2 Å². The minimum Gasteiger partial charge on any atom is -0.508 e. The Labute approximate surface area is 91.3 Å². The Morgan fingerprint density at radius 3 is 2.87 bits per heavy atom. The van der Waals surface area contributed by atoms with Crippen molar-refractivity contribution in [3.8, 4) is 5.75 Å². The van der Waals surface area contributed by atoms with E-state index in [0.717, 1.165) is 18.7 Å². The molecule has 1 heterocycles. The van der Waals surface area contributed by atoms with Crippen molar-refractivity contribution in [3.05, 3.63) is 23.8 Å². The number of rotatable bonds is 3. The minimum atomic E-state index is 0.289. The third kappa shape index (κ3) is 1.58. The lowest BCUT2D eigenvalue weighted by atomic mass is 9.76. The molecule has 0 spiro atoms. The quantitative estimate of drug-likeness (QED) is 0.793. The Hall–Kier alpha value is -1.18. The second-order valence-electron chi connectivity index (χ2n) is 4.47. The molecule has 1 unspecified atom stereocenters. The number of benzene rings is 1. The van der Waals surface area contributed by atoms with Gasteiger partial charge in [0.25, 0.3) is 0 Å². The summed E-state index contributed by atoms with van der Waals surface area (Å²) in [5, 5.41) is 12.8. The van der Waals surface area contributed by atoms with Gasteiger partial charge in [0.2, 0.25) is 0 Å². The van der Waals surface area contributed by atoms with Gasteiger partial charge in [-0.15, -0.1) is 0 Å². The Balaban J connectivity index is 2.41. The third-order valence-electron chi connectivity index (χ3n) is 3.60. The van der Waals surface area contributed by atoms with Crippen molar-refractivity contribution >= 4 is 5.69 Å². The van der Waals surface area contributed by atoms with Crippen molar-refractivity contribution in [1.29, 1.82) is 0 Å². The van der Waals surface area contributed by atoms with Crippen LogP contribution in [0.15, 0.2) is 18.2 Å². The van der Waals surface area contributed by atoms with Crippen LogP contribution in [0.1, 0.15) is 38.7 Å². The normalized spacial score (nSPS) is 23.6. The zero-order valence-electron chi connectivity index (χ0n) is 9.51. The molecule has 82 valence electrons. The molecule has 0 aliphatic carbocycles. The van der Waals surface area contributed by atoms with E-state index in [1.165, 1.54) is 18.4 Å². The maximum Gasteiger partial charge on any atom is 0.117 e. The second kappa shape index (κ2) is 3.76. The number of hydrogen-bond acceptors (Lipinski definition) is 2. The van der Waals surface area contributed by atoms with Crippen LogP contribution in [0.2, 0.25) is 0 Å². The highest BCUT2D eigenvalue weighted by Crippen LogP contribution is 2.43. The molecule has 1 aliphatic rings. The van der Waals surface area contributed by atoms with E-state index in [1.807, 2.05) is 6.07 Å². The van der Waals surface area contributed by atoms with Gasteiger partial charge in [-0.2, -0.15) is 0 Å². The third-order valence-corrected chi connectivity index (χ3v) is 3.60. The molecular weight excluding hydrogens is 186 g/mol. The molecule has 0 saturated heterocycles. The molecule has 1 aromatic rings. The Morgan fingerprint density at radius 2 is 2.20 bits per heavy atom. The fraction of sp³-hybridized carbons (Fsp3) is 0.538. The number of anilines is 1. The van der Waals surface area contributed by atoms with Crippen LogP contribution in [0.4, 0.5) is 5.69 Å². The molecule has 0 amide bonds. The predicted octanol–water partition coefficient (Wildman–Crippen LogP) is 3.27. The van der Waals surface area contributed by atoms with Crippen LogP contribution >= 0.6 is 0 Å². The largest absolute Gasteiger partial charge is 0.508 e. The van der Waals surface area contributed by atoms with E-state index in [4.69, 9.17) is 0 Å². The van der Waals surface area contributed by atoms with Gasteiger partial charge in [0.15, 0.2) is 0 Å². The first-order valence-electron chi connectivity index (χ1n) is 5.79. The highest BCUT2D eigenvalue weighted by atomic mass is 16.3. The van der Waals surface area contributed by atoms with Crippen LogP contribution in [0.5, 0.6) is 5.75 Å². The van der Waals surface area contributed by atoms with Crippen molar-refractivity contribution in [2.45, 2.75) is 38.5 Å². The first-order chi connectivity index (χ1) is 7.22. The monoisotopic (exact) mass is 205 g/mol. The van der Waals surface area contributed by atoms with Crippen LogP contribution in [-0.4, -0.2) is 11.7 Å². The van der Waals surface area contributed by atoms with Crippen molar-refractivity contribution in [2.24, 2.45) is 0 Å². The van der Waals surface area contributed by atoms with Crippen LogP contribution in [0, 0.1) is 0 Å². The topological polar surface area (TPSA) is 32.3 Å². The summed E-state index contributed by atoms with van der Waals surface area (Å²) in [5.41, 5.74) is 2.78. The van der Waals surface area contributed by atoms with Crippen molar-refractivity contribution in [2.75, 3.05) is 11.9 Å². The first-order valence-corrected chi connectivity index (χ1v) is 5.79. The molecule has 0 saturated carbocycles. The van der Waals surface area contributed by atoms with Gasteiger partial charge in [0, 0.05) is 23.7 Å². The van der Waals surface area contributed by atoms with Gasteiger partial charge in [-0.05, 0) is 24.5 Å². The molecule has 1 aromatic carbocycles. The number of fused-ring (bicyclic) bond motifs is 1. The number of phenolic OH excluding ortho intramolecular Hbond substituents is 1. The van der Waals surface area contributed by atoms with Gasteiger partial charge >= 0.3 is 0 Å². The molecule has 1 atom stereocenters. The number of aromatic hydroxyl groups is 1. The van der Waals surface area contributed by atoms with Crippen molar-refractivity contribution in [1.82, 2.24) is 0 Å². The summed E-state index contributed by atoms with van der Waals surface area (Å²) in [5.74, 6) is 0.352. The molecule has 0 radical (unpaired) electrons. The lowest BCUT2D eigenvalue weighted by Crippen LogP contribution is -2.27. The lowest BCUT2D eigenvalue weighted by Gasteiger charge is -2.27. The summed E-state index contributed by atoms with van der Waals surface area (Å²) >= 11 is 0. The SMILES string of the molecule is CCCC1(CC)CNc2cc(O)ccc21. The Kier molecular flexibility index (Phi) is 2.59. The van der Waals surface area contributed by atoms with Crippen molar-refractivity contribution < 1.29 is 5.11 Å². The molecule has 2 heteroatoms. The molecule has 0 fully saturated rings. The second-order valence-corrected chi connectivity index (χ2v) is 4.47. The van der Waals surface area contributed by atoms with Gasteiger partial charge in [-0.1, -0.05) is 26.3 Å². The van der Waals surface area contributed by atoms with Crippen molar-refractivity contribution in [3.63, 3.8) is 0 Å². The summed E-state index contributed by atoms with van der Waals surface area (Å²) in [6.45, 7) is 5.49. The highest BCUT2D eigenvalue weighted by Gasteiger charge is 2.36. The smallest absolute Gasteiger partial charge is 0.117 e. The molecule has 2 N–H and O–H groups in total. The number of nitrogens with one attached hydrogen (secondary N) is 1. The zero-order valence-corrected chi connectivity index (χ0v) is 9.51. The summed E-state index contributed by atoms with van der Waals surface area (Å²) in [6, 6.07) is 5.71. The highest BCUT2D eigenvalue weighted by molar-refractivity contribution is 5.62. The van der Waals surface area contributed by atoms with E-state index in [0.29, 0.717) is 5.75 Å². The van der Waals surface area contributed by atoms with Crippen LogP contribution < -0.4 is 5.32 Å². The van der Waals surface area contributed by atoms with Gasteiger partial charge in [-0.3, -0.25) is 0 Å². The average molecular weight is 205 g/mol. The lowest BCUT2D eigenvalue weighted by molar-refractivity contribution is 0.412. The summed E-state index contributed by atoms with van der Waals surface area (Å²) in [4.78, 5) is 0. The fourth-order valence-electron chi connectivity index (χ4n) is 2.69. The maximum atomic E-state index is 9.43. The number of phenols is 1. The van der Waals surface area contributed by atoms with Crippen LogP contribution in [0.3, 0.4) is 0 Å². The van der Waals surface area contributed by atoms with Gasteiger partial charge < -0.3 is 10.4 Å². The van der Waals surface area contributed by atoms with Crippen LogP contribution in [0.25, 0.3) is 0 Å². The minimum absolute atomic E-state index is 0.289. The summed E-state index contributed by atoms with van der Waals surface area (Å²) < 4.78 is 0. The van der Waals surface area contributed by atoms with Gasteiger partial charge in [-0.25, -0.2) is 0 Å². The van der Waals surface area contributed by atoms with Crippen LogP contribution in [-0.2, 0) is 5.41 Å². The average Bonchev–Trinajstić information content (AvgIpc) is 2.58. The molecule has 1 aliphatic heterocycles. The Bertz CT molecular complexity index is 362. The zero-order chi connectivity index (χ0) is 10.9. The van der Waals surface area contributed by atoms with E-state index in [1.54, 1.807) is 6.07 Å². The summed E-state index contributed by atoms with van der Waals surface area (Å²) in [6.07, 6.45) is 3.58. The van der Waals surface area contributed by atoms with Gasteiger partial charge in [0.05, 0.1) is 0 Å². The molecule has 2 rings (SSSR count). The summed E-state index contributed by atoms with van der Waals surface area (Å²) in [7, 11) is 0. The molecule has 15 heavy (non-hydrogen) atoms. The van der Waals surface area contributed by atoms with Gasteiger partial charge in [0.1, 0.15) is 5.75 Å². The van der Waals surface area contributed by atoms with E-state index < -0.39 is 0 Å². The molecule has 2 nitrogen and oxygen atoms in total. The molecular formula is C13H19NO. The standard InChI is InChI=1S/C13H19NO/c1-3-7-13(4-2)9-14-12-8-10(15)5-6-11(12)13/h5-6,8,14-15H,3-4,7,9H2,1-2H3. The number of hydrogen-bond donors (Lipinski definition) is 2.